The maximum absolute atomic E-state index is 13.5. The van der Waals surface area contributed by atoms with Gasteiger partial charge in [-0.15, -0.1) is 0 Å². The van der Waals surface area contributed by atoms with Crippen LogP contribution in [0.25, 0.3) is 0 Å². The molecule has 0 unspecified atom stereocenters. The predicted molar refractivity (Wildman–Crippen MR) is 128 cm³/mol. The molecule has 3 aromatic rings. The van der Waals surface area contributed by atoms with Gasteiger partial charge in [-0.3, -0.25) is 9.59 Å². The van der Waals surface area contributed by atoms with Crippen LogP contribution in [-0.4, -0.2) is 41.5 Å². The average molecular weight is 517 g/mol. The van der Waals surface area contributed by atoms with Crippen molar-refractivity contribution in [1.82, 2.24) is 9.80 Å². The zero-order valence-electron chi connectivity index (χ0n) is 20.5. The standard InChI is InChI=1S/C27H27F3N2O5/c1-18(2)13-32(26(34)20-6-8-21(9-7-20)27(28,29)30)16-25(33)31(15-22-4-3-11-35-22)14-19-5-10-23-24(12-19)37-17-36-23/h3-12,18H,13-17H2,1-2H3. The van der Waals surface area contributed by atoms with Crippen LogP contribution in [0.3, 0.4) is 0 Å². The lowest BCUT2D eigenvalue weighted by molar-refractivity contribution is -0.137. The number of carbonyl (C=O) groups excluding carboxylic acids is 2. The van der Waals surface area contributed by atoms with Gasteiger partial charge in [0.2, 0.25) is 12.7 Å². The molecular formula is C27H27F3N2O5. The summed E-state index contributed by atoms with van der Waals surface area (Å²) >= 11 is 0. The Morgan fingerprint density at radius 1 is 0.946 bits per heavy atom. The number of hydrogen-bond donors (Lipinski definition) is 0. The molecule has 37 heavy (non-hydrogen) atoms. The molecule has 2 aromatic carbocycles. The second-order valence-corrected chi connectivity index (χ2v) is 9.17. The van der Waals surface area contributed by atoms with Crippen LogP contribution in [0.4, 0.5) is 13.2 Å². The number of fused-ring (bicyclic) bond motifs is 1. The van der Waals surface area contributed by atoms with Crippen molar-refractivity contribution in [1.29, 1.82) is 0 Å². The summed E-state index contributed by atoms with van der Waals surface area (Å²) in [5.41, 5.74) is 0.0346. The minimum absolute atomic E-state index is 0.0265. The van der Waals surface area contributed by atoms with Crippen LogP contribution in [0.2, 0.25) is 0 Å². The molecule has 10 heteroatoms. The highest BCUT2D eigenvalue weighted by Crippen LogP contribution is 2.33. The van der Waals surface area contributed by atoms with E-state index in [4.69, 9.17) is 13.9 Å². The van der Waals surface area contributed by atoms with Gasteiger partial charge < -0.3 is 23.7 Å². The molecule has 0 saturated carbocycles. The third-order valence-corrected chi connectivity index (χ3v) is 5.75. The normalized spacial score (nSPS) is 12.6. The average Bonchev–Trinajstić information content (AvgIpc) is 3.53. The van der Waals surface area contributed by atoms with E-state index in [9.17, 15) is 22.8 Å². The number of furan rings is 1. The molecule has 0 saturated heterocycles. The Morgan fingerprint density at radius 3 is 2.32 bits per heavy atom. The van der Waals surface area contributed by atoms with Crippen molar-refractivity contribution >= 4 is 11.8 Å². The molecule has 2 amide bonds. The van der Waals surface area contributed by atoms with Crippen molar-refractivity contribution < 1.29 is 36.7 Å². The lowest BCUT2D eigenvalue weighted by Gasteiger charge is -2.28. The highest BCUT2D eigenvalue weighted by molar-refractivity contribution is 5.96. The monoisotopic (exact) mass is 516 g/mol. The topological polar surface area (TPSA) is 72.2 Å². The molecule has 1 aromatic heterocycles. The molecule has 2 heterocycles. The quantitative estimate of drug-likeness (QED) is 0.383. The molecule has 196 valence electrons. The van der Waals surface area contributed by atoms with E-state index in [1.165, 1.54) is 11.2 Å². The highest BCUT2D eigenvalue weighted by Gasteiger charge is 2.31. The zero-order chi connectivity index (χ0) is 26.6. The van der Waals surface area contributed by atoms with Gasteiger partial charge in [-0.05, 0) is 60.0 Å². The SMILES string of the molecule is CC(C)CN(CC(=O)N(Cc1ccc2c(c1)OCO2)Cc1ccco1)C(=O)c1ccc(C(F)(F)F)cc1. The van der Waals surface area contributed by atoms with E-state index in [-0.39, 0.29) is 50.4 Å². The Kier molecular flexibility index (Phi) is 7.75. The molecule has 1 aliphatic rings. The van der Waals surface area contributed by atoms with Gasteiger partial charge in [0.15, 0.2) is 11.5 Å². The summed E-state index contributed by atoms with van der Waals surface area (Å²) < 4.78 is 55.1. The number of halogens is 3. The second kappa shape index (κ2) is 11.0. The van der Waals surface area contributed by atoms with Crippen molar-refractivity contribution in [3.63, 3.8) is 0 Å². The third-order valence-electron chi connectivity index (χ3n) is 5.75. The Hall–Kier alpha value is -3.95. The number of hydrogen-bond acceptors (Lipinski definition) is 5. The summed E-state index contributed by atoms with van der Waals surface area (Å²) in [5.74, 6) is 0.948. The minimum Gasteiger partial charge on any atom is -0.467 e. The van der Waals surface area contributed by atoms with E-state index in [1.54, 1.807) is 29.2 Å². The van der Waals surface area contributed by atoms with Crippen LogP contribution in [0, 0.1) is 5.92 Å². The Labute approximate surface area is 212 Å². The Bertz CT molecular complexity index is 1220. The fourth-order valence-corrected chi connectivity index (χ4v) is 3.99. The van der Waals surface area contributed by atoms with E-state index in [0.29, 0.717) is 17.3 Å². The van der Waals surface area contributed by atoms with Crippen molar-refractivity contribution in [2.75, 3.05) is 19.9 Å². The summed E-state index contributed by atoms with van der Waals surface area (Å²) in [5, 5.41) is 0. The fraction of sp³-hybridized carbons (Fsp3) is 0.333. The van der Waals surface area contributed by atoms with Gasteiger partial charge in [-0.2, -0.15) is 13.2 Å². The lowest BCUT2D eigenvalue weighted by atomic mass is 10.1. The van der Waals surface area contributed by atoms with E-state index >= 15 is 0 Å². The van der Waals surface area contributed by atoms with Gasteiger partial charge in [0, 0.05) is 18.7 Å². The molecule has 4 rings (SSSR count). The van der Waals surface area contributed by atoms with Crippen LogP contribution in [0.1, 0.15) is 41.1 Å². The molecular weight excluding hydrogens is 489 g/mol. The summed E-state index contributed by atoms with van der Waals surface area (Å²) in [4.78, 5) is 29.7. The van der Waals surface area contributed by atoms with E-state index in [0.717, 1.165) is 29.8 Å². The second-order valence-electron chi connectivity index (χ2n) is 9.17. The Morgan fingerprint density at radius 2 is 1.68 bits per heavy atom. The van der Waals surface area contributed by atoms with Crippen molar-refractivity contribution in [3.05, 3.63) is 83.3 Å². The maximum atomic E-state index is 13.5. The first kappa shape index (κ1) is 26.1. The lowest BCUT2D eigenvalue weighted by Crippen LogP contribution is -2.43. The van der Waals surface area contributed by atoms with Crippen LogP contribution in [-0.2, 0) is 24.1 Å². The van der Waals surface area contributed by atoms with Crippen molar-refractivity contribution in [2.24, 2.45) is 5.92 Å². The minimum atomic E-state index is -4.50. The van der Waals surface area contributed by atoms with E-state index in [2.05, 4.69) is 0 Å². The third kappa shape index (κ3) is 6.63. The van der Waals surface area contributed by atoms with Gasteiger partial charge >= 0.3 is 6.18 Å². The van der Waals surface area contributed by atoms with Gasteiger partial charge in [0.1, 0.15) is 12.3 Å². The largest absolute Gasteiger partial charge is 0.467 e. The Balaban J connectivity index is 1.54. The van der Waals surface area contributed by atoms with Gasteiger partial charge in [0.25, 0.3) is 5.91 Å². The molecule has 0 spiro atoms. The van der Waals surface area contributed by atoms with Crippen molar-refractivity contribution in [3.8, 4) is 11.5 Å². The molecule has 0 radical (unpaired) electrons. The summed E-state index contributed by atoms with van der Waals surface area (Å²) in [6, 6.07) is 12.9. The van der Waals surface area contributed by atoms with Crippen LogP contribution < -0.4 is 9.47 Å². The molecule has 0 bridgehead atoms. The van der Waals surface area contributed by atoms with E-state index < -0.39 is 17.6 Å². The number of carbonyl (C=O) groups is 2. The number of ether oxygens (including phenoxy) is 2. The van der Waals surface area contributed by atoms with Crippen LogP contribution >= 0.6 is 0 Å². The number of rotatable bonds is 9. The zero-order valence-corrected chi connectivity index (χ0v) is 20.5. The van der Waals surface area contributed by atoms with Gasteiger partial charge in [-0.1, -0.05) is 19.9 Å². The fourth-order valence-electron chi connectivity index (χ4n) is 3.99. The van der Waals surface area contributed by atoms with Gasteiger partial charge in [-0.25, -0.2) is 0 Å². The molecule has 1 aliphatic heterocycles. The molecule has 7 nitrogen and oxygen atoms in total. The summed E-state index contributed by atoms with van der Waals surface area (Å²) in [7, 11) is 0. The number of amides is 2. The molecule has 0 N–H and O–H groups in total. The first-order valence-electron chi connectivity index (χ1n) is 11.8. The summed E-state index contributed by atoms with van der Waals surface area (Å²) in [6.45, 7) is 4.32. The summed E-state index contributed by atoms with van der Waals surface area (Å²) in [6.07, 6.45) is -2.99. The van der Waals surface area contributed by atoms with E-state index in [1.807, 2.05) is 19.9 Å². The number of benzene rings is 2. The first-order valence-corrected chi connectivity index (χ1v) is 11.8. The maximum Gasteiger partial charge on any atom is 0.416 e. The number of nitrogens with zero attached hydrogens (tertiary/aromatic N) is 2. The number of alkyl halides is 3. The molecule has 0 fully saturated rings. The van der Waals surface area contributed by atoms with Crippen molar-refractivity contribution in [2.45, 2.75) is 33.1 Å². The highest BCUT2D eigenvalue weighted by atomic mass is 19.4. The smallest absolute Gasteiger partial charge is 0.416 e. The van der Waals surface area contributed by atoms with Crippen LogP contribution in [0.15, 0.2) is 65.3 Å². The molecule has 0 aliphatic carbocycles. The van der Waals surface area contributed by atoms with Gasteiger partial charge in [0.05, 0.1) is 18.4 Å². The van der Waals surface area contributed by atoms with Crippen LogP contribution in [0.5, 0.6) is 11.5 Å². The molecule has 0 atom stereocenters. The predicted octanol–water partition coefficient (Wildman–Crippen LogP) is 5.35. The first-order chi connectivity index (χ1) is 17.6.